The summed E-state index contributed by atoms with van der Waals surface area (Å²) in [6.45, 7) is 0. The standard InChI is InChI=1S/C40H25NOS/c1-3-12-26(13-4-1)34-25-36-39(32-18-8-7-16-29(32)34)33-19-11-20-35(40(33)42-36)41(27-14-5-2-6-15-27)28-22-23-31-30-17-9-10-21-37(30)43-38(31)24-28/h1-25H. The number of hydrogen-bond acceptors (Lipinski definition) is 3. The van der Waals surface area contributed by atoms with Gasteiger partial charge in [0, 0.05) is 42.3 Å². The first kappa shape index (κ1) is 24.2. The fourth-order valence-corrected chi connectivity index (χ4v) is 7.68. The number of nitrogens with zero attached hydrogens (tertiary/aromatic N) is 1. The molecule has 2 aromatic heterocycles. The molecule has 0 saturated heterocycles. The van der Waals surface area contributed by atoms with E-state index in [0.717, 1.165) is 39.0 Å². The van der Waals surface area contributed by atoms with Gasteiger partial charge >= 0.3 is 0 Å². The van der Waals surface area contributed by atoms with Crippen molar-refractivity contribution in [2.75, 3.05) is 4.90 Å². The van der Waals surface area contributed by atoms with Crippen LogP contribution in [0.3, 0.4) is 0 Å². The average molecular weight is 568 g/mol. The second-order valence-electron chi connectivity index (χ2n) is 10.9. The SMILES string of the molecule is c1ccc(-c2cc3oc4c(N(c5ccccc5)c5ccc6c(c5)sc5ccccc56)cccc4c3c3ccccc23)cc1. The van der Waals surface area contributed by atoms with Gasteiger partial charge in [0.25, 0.3) is 0 Å². The minimum Gasteiger partial charge on any atom is -0.454 e. The summed E-state index contributed by atoms with van der Waals surface area (Å²) in [5, 5.41) is 7.30. The molecule has 9 rings (SSSR count). The van der Waals surface area contributed by atoms with E-state index >= 15 is 0 Å². The lowest BCUT2D eigenvalue weighted by Gasteiger charge is -2.25. The van der Waals surface area contributed by atoms with Gasteiger partial charge in [-0.15, -0.1) is 11.3 Å². The van der Waals surface area contributed by atoms with Crippen LogP contribution in [0.5, 0.6) is 0 Å². The minimum atomic E-state index is 0.883. The quantitative estimate of drug-likeness (QED) is 0.210. The Balaban J connectivity index is 1.33. The highest BCUT2D eigenvalue weighted by Gasteiger charge is 2.22. The Morgan fingerprint density at radius 3 is 1.98 bits per heavy atom. The summed E-state index contributed by atoms with van der Waals surface area (Å²) in [6.07, 6.45) is 0. The van der Waals surface area contributed by atoms with Gasteiger partial charge in [-0.05, 0) is 64.4 Å². The minimum absolute atomic E-state index is 0.883. The Bertz CT molecular complexity index is 2460. The number of benzene rings is 7. The first-order valence-corrected chi connectivity index (χ1v) is 15.3. The Kier molecular flexibility index (Phi) is 5.40. The fraction of sp³-hybridized carbons (Fsp3) is 0. The predicted octanol–water partition coefficient (Wildman–Crippen LogP) is 12.2. The van der Waals surface area contributed by atoms with Gasteiger partial charge in [-0.2, -0.15) is 0 Å². The Hall–Kier alpha value is -5.38. The van der Waals surface area contributed by atoms with Gasteiger partial charge in [-0.1, -0.05) is 109 Å². The van der Waals surface area contributed by atoms with Crippen molar-refractivity contribution >= 4 is 81.3 Å². The van der Waals surface area contributed by atoms with Crippen LogP contribution in [0.4, 0.5) is 17.1 Å². The van der Waals surface area contributed by atoms with E-state index in [1.807, 2.05) is 11.3 Å². The average Bonchev–Trinajstić information content (AvgIpc) is 3.64. The second kappa shape index (κ2) is 9.59. The lowest BCUT2D eigenvalue weighted by atomic mass is 9.95. The molecule has 7 aromatic carbocycles. The maximum absolute atomic E-state index is 6.87. The summed E-state index contributed by atoms with van der Waals surface area (Å²) in [6, 6.07) is 54.1. The maximum atomic E-state index is 6.87. The van der Waals surface area contributed by atoms with Crippen molar-refractivity contribution < 1.29 is 4.42 Å². The summed E-state index contributed by atoms with van der Waals surface area (Å²) >= 11 is 1.84. The summed E-state index contributed by atoms with van der Waals surface area (Å²) in [4.78, 5) is 2.33. The molecule has 0 amide bonds. The lowest BCUT2D eigenvalue weighted by Crippen LogP contribution is -2.09. The predicted molar refractivity (Wildman–Crippen MR) is 184 cm³/mol. The van der Waals surface area contributed by atoms with E-state index in [2.05, 4.69) is 157 Å². The highest BCUT2D eigenvalue weighted by Crippen LogP contribution is 2.46. The van der Waals surface area contributed by atoms with E-state index in [1.165, 1.54) is 42.1 Å². The number of hydrogen-bond donors (Lipinski definition) is 0. The molecule has 3 heteroatoms. The summed E-state index contributed by atoms with van der Waals surface area (Å²) < 4.78 is 9.45. The van der Waals surface area contributed by atoms with E-state index in [4.69, 9.17) is 4.42 Å². The molecule has 0 unspecified atom stereocenters. The van der Waals surface area contributed by atoms with Gasteiger partial charge in [-0.3, -0.25) is 0 Å². The largest absolute Gasteiger partial charge is 0.454 e. The first-order valence-electron chi connectivity index (χ1n) is 14.5. The Labute approximate surface area is 252 Å². The van der Waals surface area contributed by atoms with Gasteiger partial charge in [0.1, 0.15) is 5.58 Å². The third kappa shape index (κ3) is 3.79. The molecule has 202 valence electrons. The van der Waals surface area contributed by atoms with E-state index in [0.29, 0.717) is 0 Å². The summed E-state index contributed by atoms with van der Waals surface area (Å²) in [5.74, 6) is 0. The van der Waals surface area contributed by atoms with Crippen LogP contribution < -0.4 is 4.90 Å². The monoisotopic (exact) mass is 567 g/mol. The molecular weight excluding hydrogens is 543 g/mol. The molecule has 0 fully saturated rings. The molecule has 2 heterocycles. The maximum Gasteiger partial charge on any atom is 0.159 e. The Morgan fingerprint density at radius 2 is 1.14 bits per heavy atom. The number of fused-ring (bicyclic) bond motifs is 8. The molecule has 0 saturated carbocycles. The van der Waals surface area contributed by atoms with Crippen molar-refractivity contribution in [1.82, 2.24) is 0 Å². The molecule has 43 heavy (non-hydrogen) atoms. The van der Waals surface area contributed by atoms with E-state index < -0.39 is 0 Å². The number of para-hydroxylation sites is 2. The van der Waals surface area contributed by atoms with Gasteiger partial charge in [-0.25, -0.2) is 0 Å². The summed E-state index contributed by atoms with van der Waals surface area (Å²) in [7, 11) is 0. The normalized spacial score (nSPS) is 11.7. The number of furan rings is 1. The van der Waals surface area contributed by atoms with E-state index in [9.17, 15) is 0 Å². The zero-order valence-electron chi connectivity index (χ0n) is 23.2. The highest BCUT2D eigenvalue weighted by atomic mass is 32.1. The van der Waals surface area contributed by atoms with Crippen molar-refractivity contribution in [3.8, 4) is 11.1 Å². The highest BCUT2D eigenvalue weighted by molar-refractivity contribution is 7.25. The number of rotatable bonds is 4. The van der Waals surface area contributed by atoms with Gasteiger partial charge in [0.05, 0.1) is 5.69 Å². The molecule has 9 aromatic rings. The van der Waals surface area contributed by atoms with E-state index in [1.54, 1.807) is 0 Å². The molecule has 0 spiro atoms. The molecule has 0 aliphatic carbocycles. The van der Waals surface area contributed by atoms with Crippen LogP contribution in [0, 0.1) is 0 Å². The fourth-order valence-electron chi connectivity index (χ4n) is 6.54. The lowest BCUT2D eigenvalue weighted by molar-refractivity contribution is 0.669. The second-order valence-corrected chi connectivity index (χ2v) is 12.0. The van der Waals surface area contributed by atoms with Crippen LogP contribution in [-0.2, 0) is 0 Å². The molecule has 0 atom stereocenters. The number of thiophene rings is 1. The van der Waals surface area contributed by atoms with Crippen LogP contribution in [0.25, 0.3) is 64.0 Å². The molecule has 0 aliphatic heterocycles. The van der Waals surface area contributed by atoms with Crippen LogP contribution in [0.15, 0.2) is 156 Å². The van der Waals surface area contributed by atoms with Crippen molar-refractivity contribution in [2.24, 2.45) is 0 Å². The van der Waals surface area contributed by atoms with Crippen LogP contribution >= 0.6 is 11.3 Å². The van der Waals surface area contributed by atoms with Crippen molar-refractivity contribution in [3.05, 3.63) is 152 Å². The van der Waals surface area contributed by atoms with Gasteiger partial charge < -0.3 is 9.32 Å². The molecule has 0 radical (unpaired) electrons. The third-order valence-corrected chi connectivity index (χ3v) is 9.58. The number of anilines is 3. The topological polar surface area (TPSA) is 16.4 Å². The third-order valence-electron chi connectivity index (χ3n) is 8.44. The molecule has 0 N–H and O–H groups in total. The molecular formula is C40H25NOS. The van der Waals surface area contributed by atoms with E-state index in [-0.39, 0.29) is 0 Å². The smallest absolute Gasteiger partial charge is 0.159 e. The zero-order chi connectivity index (χ0) is 28.3. The van der Waals surface area contributed by atoms with Gasteiger partial charge in [0.15, 0.2) is 5.58 Å². The van der Waals surface area contributed by atoms with Gasteiger partial charge in [0.2, 0.25) is 0 Å². The van der Waals surface area contributed by atoms with Crippen LogP contribution in [0.1, 0.15) is 0 Å². The van der Waals surface area contributed by atoms with Crippen molar-refractivity contribution in [1.29, 1.82) is 0 Å². The van der Waals surface area contributed by atoms with Crippen LogP contribution in [0.2, 0.25) is 0 Å². The van der Waals surface area contributed by atoms with Crippen LogP contribution in [-0.4, -0.2) is 0 Å². The molecule has 2 nitrogen and oxygen atoms in total. The van der Waals surface area contributed by atoms with Crippen molar-refractivity contribution in [3.63, 3.8) is 0 Å². The van der Waals surface area contributed by atoms with Crippen molar-refractivity contribution in [2.45, 2.75) is 0 Å². The first-order chi connectivity index (χ1) is 21.3. The summed E-state index contributed by atoms with van der Waals surface area (Å²) in [5.41, 5.74) is 7.36. The Morgan fingerprint density at radius 1 is 0.465 bits per heavy atom. The molecule has 0 aliphatic rings. The molecule has 0 bridgehead atoms. The zero-order valence-corrected chi connectivity index (χ0v) is 24.0.